The Bertz CT molecular complexity index is 1000. The summed E-state index contributed by atoms with van der Waals surface area (Å²) in [6.45, 7) is -1.33. The molecule has 0 saturated heterocycles. The Kier molecular flexibility index (Phi) is 9.11. The minimum absolute atomic E-state index is 0.130. The summed E-state index contributed by atoms with van der Waals surface area (Å²) in [6.07, 6.45) is 0. The van der Waals surface area contributed by atoms with E-state index in [2.05, 4.69) is 10.6 Å². The van der Waals surface area contributed by atoms with E-state index >= 15 is 0 Å². The Labute approximate surface area is 193 Å². The van der Waals surface area contributed by atoms with E-state index in [0.717, 1.165) is 4.90 Å². The van der Waals surface area contributed by atoms with Crippen LogP contribution in [0.4, 0.5) is 5.69 Å². The molecule has 2 aromatic carbocycles. The molecule has 0 aliphatic carbocycles. The van der Waals surface area contributed by atoms with Gasteiger partial charge in [-0.1, -0.05) is 46.9 Å². The molecule has 2 rings (SSSR count). The largest absolute Gasteiger partial charge is 0.454 e. The predicted molar refractivity (Wildman–Crippen MR) is 117 cm³/mol. The van der Waals surface area contributed by atoms with Gasteiger partial charge in [0.15, 0.2) is 6.61 Å². The van der Waals surface area contributed by atoms with E-state index in [1.807, 2.05) is 0 Å². The highest BCUT2D eigenvalue weighted by Gasteiger charge is 2.17. The van der Waals surface area contributed by atoms with E-state index in [-0.39, 0.29) is 17.1 Å². The molecule has 0 heterocycles. The molecule has 0 fully saturated rings. The number of nitrogens with one attached hydrogen (secondary N) is 2. The van der Waals surface area contributed by atoms with Gasteiger partial charge in [-0.15, -0.1) is 0 Å². The first kappa shape index (κ1) is 24.5. The molecule has 0 atom stereocenters. The maximum Gasteiger partial charge on any atom is 0.325 e. The number of carbonyl (C=O) groups is 4. The van der Waals surface area contributed by atoms with Crippen LogP contribution in [0.2, 0.25) is 15.1 Å². The zero-order valence-corrected chi connectivity index (χ0v) is 18.6. The number of halogens is 3. The maximum absolute atomic E-state index is 12.1. The van der Waals surface area contributed by atoms with Crippen molar-refractivity contribution < 1.29 is 23.9 Å². The van der Waals surface area contributed by atoms with Crippen LogP contribution in [-0.4, -0.2) is 55.3 Å². The lowest BCUT2D eigenvalue weighted by atomic mass is 10.2. The predicted octanol–water partition coefficient (Wildman–Crippen LogP) is 3.02. The summed E-state index contributed by atoms with van der Waals surface area (Å²) in [5.41, 5.74) is 0.553. The fraction of sp³-hybridized carbons (Fsp3) is 0.200. The molecule has 164 valence electrons. The summed E-state index contributed by atoms with van der Waals surface area (Å²) in [5, 5.41) is 5.77. The van der Waals surface area contributed by atoms with Crippen molar-refractivity contribution in [1.29, 1.82) is 0 Å². The van der Waals surface area contributed by atoms with Crippen molar-refractivity contribution in [2.24, 2.45) is 0 Å². The summed E-state index contributed by atoms with van der Waals surface area (Å²) >= 11 is 17.7. The molecule has 0 radical (unpaired) electrons. The van der Waals surface area contributed by atoms with Crippen molar-refractivity contribution in [3.63, 3.8) is 0 Å². The van der Waals surface area contributed by atoms with Gasteiger partial charge in [-0.05, 0) is 30.3 Å². The molecular weight excluding hydrogens is 469 g/mol. The standard InChI is InChI=1S/C20H18Cl3N3O5/c1-26(10-17(27)25-16-5-3-2-4-14(16)22)18(28)11-31-19(29)9-24-20(30)13-7-6-12(21)8-15(13)23/h2-8H,9-11H2,1H3,(H,24,30)(H,25,27). The summed E-state index contributed by atoms with van der Waals surface area (Å²) < 4.78 is 4.83. The van der Waals surface area contributed by atoms with Gasteiger partial charge in [0.1, 0.15) is 6.54 Å². The number of esters is 1. The van der Waals surface area contributed by atoms with Crippen LogP contribution in [0.25, 0.3) is 0 Å². The van der Waals surface area contributed by atoms with Crippen LogP contribution in [0.3, 0.4) is 0 Å². The fourth-order valence-electron chi connectivity index (χ4n) is 2.28. The summed E-state index contributed by atoms with van der Waals surface area (Å²) in [5.74, 6) is -2.50. The molecule has 0 aliphatic heterocycles. The second-order valence-electron chi connectivity index (χ2n) is 6.25. The topological polar surface area (TPSA) is 105 Å². The second kappa shape index (κ2) is 11.5. The Hall–Kier alpha value is -2.81. The third-order valence-corrected chi connectivity index (χ3v) is 4.76. The fourth-order valence-corrected chi connectivity index (χ4v) is 2.96. The molecule has 2 aromatic rings. The minimum Gasteiger partial charge on any atom is -0.454 e. The molecule has 2 N–H and O–H groups in total. The summed E-state index contributed by atoms with van der Waals surface area (Å²) in [7, 11) is 1.38. The van der Waals surface area contributed by atoms with Crippen molar-refractivity contribution in [1.82, 2.24) is 10.2 Å². The molecule has 31 heavy (non-hydrogen) atoms. The molecule has 0 bridgehead atoms. The van der Waals surface area contributed by atoms with E-state index in [1.165, 1.54) is 25.2 Å². The lowest BCUT2D eigenvalue weighted by Crippen LogP contribution is -2.38. The average molecular weight is 487 g/mol. The SMILES string of the molecule is CN(CC(=O)Nc1ccccc1Cl)C(=O)COC(=O)CNC(=O)c1ccc(Cl)cc1Cl. The van der Waals surface area contributed by atoms with Gasteiger partial charge in [-0.2, -0.15) is 0 Å². The normalized spacial score (nSPS) is 10.2. The van der Waals surface area contributed by atoms with Crippen LogP contribution >= 0.6 is 34.8 Å². The van der Waals surface area contributed by atoms with Crippen molar-refractivity contribution in [2.45, 2.75) is 0 Å². The summed E-state index contributed by atoms with van der Waals surface area (Å²) in [6, 6.07) is 11.0. The number of ether oxygens (including phenoxy) is 1. The maximum atomic E-state index is 12.1. The number of carbonyl (C=O) groups excluding carboxylic acids is 4. The van der Waals surface area contributed by atoms with Gasteiger partial charge in [0.25, 0.3) is 11.8 Å². The van der Waals surface area contributed by atoms with Gasteiger partial charge in [-0.3, -0.25) is 19.2 Å². The highest BCUT2D eigenvalue weighted by molar-refractivity contribution is 6.36. The van der Waals surface area contributed by atoms with Crippen LogP contribution in [0.1, 0.15) is 10.4 Å². The highest BCUT2D eigenvalue weighted by atomic mass is 35.5. The minimum atomic E-state index is -0.833. The van der Waals surface area contributed by atoms with E-state index in [0.29, 0.717) is 15.7 Å². The van der Waals surface area contributed by atoms with Crippen LogP contribution in [0, 0.1) is 0 Å². The molecule has 11 heteroatoms. The molecule has 8 nitrogen and oxygen atoms in total. The number of anilines is 1. The van der Waals surface area contributed by atoms with E-state index in [4.69, 9.17) is 39.5 Å². The second-order valence-corrected chi connectivity index (χ2v) is 7.50. The van der Waals surface area contributed by atoms with Crippen LogP contribution in [0.5, 0.6) is 0 Å². The Morgan fingerprint density at radius 2 is 1.71 bits per heavy atom. The number of nitrogens with zero attached hydrogens (tertiary/aromatic N) is 1. The lowest BCUT2D eigenvalue weighted by Gasteiger charge is -2.17. The van der Waals surface area contributed by atoms with Crippen molar-refractivity contribution in [3.8, 4) is 0 Å². The Balaban J connectivity index is 1.74. The first-order valence-corrected chi connectivity index (χ1v) is 9.98. The number of likely N-dealkylation sites (N-methyl/N-ethyl adjacent to an activating group) is 1. The van der Waals surface area contributed by atoms with E-state index < -0.39 is 36.8 Å². The van der Waals surface area contributed by atoms with E-state index in [9.17, 15) is 19.2 Å². The number of rotatable bonds is 8. The molecule has 0 aliphatic rings. The van der Waals surface area contributed by atoms with Crippen molar-refractivity contribution in [2.75, 3.05) is 32.1 Å². The van der Waals surface area contributed by atoms with Gasteiger partial charge < -0.3 is 20.3 Å². The average Bonchev–Trinajstić information content (AvgIpc) is 2.71. The number of hydrogen-bond acceptors (Lipinski definition) is 5. The first-order chi connectivity index (χ1) is 14.7. The van der Waals surface area contributed by atoms with Gasteiger partial charge in [0.2, 0.25) is 5.91 Å². The number of hydrogen-bond donors (Lipinski definition) is 2. The zero-order valence-electron chi connectivity index (χ0n) is 16.3. The zero-order chi connectivity index (χ0) is 23.0. The highest BCUT2D eigenvalue weighted by Crippen LogP contribution is 2.21. The number of amides is 3. The van der Waals surface area contributed by atoms with Gasteiger partial charge >= 0.3 is 5.97 Å². The van der Waals surface area contributed by atoms with Gasteiger partial charge in [0.05, 0.1) is 27.8 Å². The van der Waals surface area contributed by atoms with Crippen LogP contribution in [-0.2, 0) is 19.1 Å². The Morgan fingerprint density at radius 1 is 1.00 bits per heavy atom. The molecule has 0 unspecified atom stereocenters. The molecule has 3 amide bonds. The third-order valence-electron chi connectivity index (χ3n) is 3.88. The lowest BCUT2D eigenvalue weighted by molar-refractivity contribution is -0.150. The first-order valence-electron chi connectivity index (χ1n) is 8.84. The molecular formula is C20H18Cl3N3O5. The third kappa shape index (κ3) is 7.75. The molecule has 0 spiro atoms. The number of para-hydroxylation sites is 1. The monoisotopic (exact) mass is 485 g/mol. The van der Waals surface area contributed by atoms with Gasteiger partial charge in [-0.25, -0.2) is 0 Å². The summed E-state index contributed by atoms with van der Waals surface area (Å²) in [4.78, 5) is 49.0. The quantitative estimate of drug-likeness (QED) is 0.558. The van der Waals surface area contributed by atoms with Crippen molar-refractivity contribution >= 4 is 64.2 Å². The molecule has 0 aromatic heterocycles. The van der Waals surface area contributed by atoms with Crippen LogP contribution < -0.4 is 10.6 Å². The van der Waals surface area contributed by atoms with E-state index in [1.54, 1.807) is 24.3 Å². The van der Waals surface area contributed by atoms with Crippen LogP contribution in [0.15, 0.2) is 42.5 Å². The molecule has 0 saturated carbocycles. The smallest absolute Gasteiger partial charge is 0.325 e. The number of benzene rings is 2. The Morgan fingerprint density at radius 3 is 2.39 bits per heavy atom. The van der Waals surface area contributed by atoms with Crippen molar-refractivity contribution in [3.05, 3.63) is 63.1 Å². The van der Waals surface area contributed by atoms with Gasteiger partial charge in [0, 0.05) is 12.1 Å².